The molecule has 2 rings (SSSR count). The number of hydrazine groups is 1. The Morgan fingerprint density at radius 3 is 3.12 bits per heavy atom. The summed E-state index contributed by atoms with van der Waals surface area (Å²) < 4.78 is 0. The van der Waals surface area contributed by atoms with E-state index in [2.05, 4.69) is 27.0 Å². The van der Waals surface area contributed by atoms with Crippen molar-refractivity contribution >= 4 is 23.5 Å². The van der Waals surface area contributed by atoms with Crippen LogP contribution in [-0.4, -0.2) is 27.5 Å². The van der Waals surface area contributed by atoms with Crippen molar-refractivity contribution in [3.8, 4) is 0 Å². The normalized spacial score (nSPS) is 24.4. The minimum atomic E-state index is 0.448. The van der Waals surface area contributed by atoms with Crippen LogP contribution in [0.5, 0.6) is 0 Å². The second-order valence-electron chi connectivity index (χ2n) is 3.87. The first-order chi connectivity index (χ1) is 7.83. The number of aromatic nitrogens is 2. The van der Waals surface area contributed by atoms with Crippen LogP contribution in [0.2, 0.25) is 0 Å². The van der Waals surface area contributed by atoms with Gasteiger partial charge in [0.2, 0.25) is 5.95 Å². The second-order valence-corrected chi connectivity index (χ2v) is 4.94. The zero-order valence-corrected chi connectivity index (χ0v) is 10.1. The van der Waals surface area contributed by atoms with Gasteiger partial charge in [-0.3, -0.25) is 5.43 Å². The Bertz CT molecular complexity index is 346. The predicted octanol–water partition coefficient (Wildman–Crippen LogP) is 1.46. The van der Waals surface area contributed by atoms with Gasteiger partial charge in [0.05, 0.1) is 0 Å². The Balaban J connectivity index is 2.02. The third-order valence-electron chi connectivity index (χ3n) is 2.87. The standard InChI is InChI=1S/C10H17N5S/c1-16-8-4-2-3-7(8)13-9-5-6-12-10(14-9)15-11/h5-8H,2-4,11H2,1H3,(H2,12,13,14,15). The molecule has 0 aliphatic heterocycles. The molecule has 1 aliphatic carbocycles. The monoisotopic (exact) mass is 239 g/mol. The quantitative estimate of drug-likeness (QED) is 0.545. The highest BCUT2D eigenvalue weighted by atomic mass is 32.2. The van der Waals surface area contributed by atoms with Crippen LogP contribution in [0.4, 0.5) is 11.8 Å². The molecule has 0 spiro atoms. The number of rotatable bonds is 4. The lowest BCUT2D eigenvalue weighted by molar-refractivity contribution is 0.763. The Morgan fingerprint density at radius 1 is 1.50 bits per heavy atom. The molecule has 1 aromatic heterocycles. The van der Waals surface area contributed by atoms with Crippen molar-refractivity contribution in [3.05, 3.63) is 12.3 Å². The largest absolute Gasteiger partial charge is 0.366 e. The van der Waals surface area contributed by atoms with Crippen LogP contribution in [0.15, 0.2) is 12.3 Å². The summed E-state index contributed by atoms with van der Waals surface area (Å²) in [6, 6.07) is 2.38. The van der Waals surface area contributed by atoms with Crippen LogP contribution < -0.4 is 16.6 Å². The Kier molecular flexibility index (Phi) is 3.84. The predicted molar refractivity (Wildman–Crippen MR) is 68.4 cm³/mol. The van der Waals surface area contributed by atoms with Crippen molar-refractivity contribution in [2.45, 2.75) is 30.6 Å². The van der Waals surface area contributed by atoms with Crippen molar-refractivity contribution in [1.29, 1.82) is 0 Å². The third-order valence-corrected chi connectivity index (χ3v) is 4.04. The molecular weight excluding hydrogens is 222 g/mol. The van der Waals surface area contributed by atoms with Gasteiger partial charge < -0.3 is 5.32 Å². The van der Waals surface area contributed by atoms with E-state index in [-0.39, 0.29) is 0 Å². The van der Waals surface area contributed by atoms with Crippen LogP contribution in [0.1, 0.15) is 19.3 Å². The summed E-state index contributed by atoms with van der Waals surface area (Å²) in [5.41, 5.74) is 2.45. The molecule has 1 aliphatic rings. The summed E-state index contributed by atoms with van der Waals surface area (Å²) >= 11 is 1.92. The minimum Gasteiger partial charge on any atom is -0.366 e. The lowest BCUT2D eigenvalue weighted by Crippen LogP contribution is -2.26. The molecule has 1 fully saturated rings. The van der Waals surface area contributed by atoms with Gasteiger partial charge in [0.15, 0.2) is 0 Å². The number of thioether (sulfide) groups is 1. The number of hydrogen-bond donors (Lipinski definition) is 3. The smallest absolute Gasteiger partial charge is 0.239 e. The highest BCUT2D eigenvalue weighted by Crippen LogP contribution is 2.30. The van der Waals surface area contributed by atoms with Crippen LogP contribution in [0.25, 0.3) is 0 Å². The van der Waals surface area contributed by atoms with Gasteiger partial charge in [-0.25, -0.2) is 10.8 Å². The van der Waals surface area contributed by atoms with Crippen LogP contribution in [0, 0.1) is 0 Å². The number of hydrogen-bond acceptors (Lipinski definition) is 6. The first-order valence-corrected chi connectivity index (χ1v) is 6.71. The molecule has 4 N–H and O–H groups in total. The van der Waals surface area contributed by atoms with Crippen LogP contribution in [-0.2, 0) is 0 Å². The first-order valence-electron chi connectivity index (χ1n) is 5.42. The SMILES string of the molecule is CSC1CCCC1Nc1ccnc(NN)n1. The topological polar surface area (TPSA) is 75.9 Å². The maximum absolute atomic E-state index is 5.27. The molecule has 5 nitrogen and oxygen atoms in total. The van der Waals surface area contributed by atoms with E-state index in [1.54, 1.807) is 6.20 Å². The molecule has 2 unspecified atom stereocenters. The zero-order chi connectivity index (χ0) is 11.4. The fourth-order valence-corrected chi connectivity index (χ4v) is 3.01. The van der Waals surface area contributed by atoms with Crippen molar-refractivity contribution in [1.82, 2.24) is 9.97 Å². The van der Waals surface area contributed by atoms with Gasteiger partial charge in [0.1, 0.15) is 5.82 Å². The number of nitrogen functional groups attached to an aromatic ring is 1. The van der Waals surface area contributed by atoms with Gasteiger partial charge in [-0.05, 0) is 25.2 Å². The number of nitrogens with one attached hydrogen (secondary N) is 2. The molecule has 0 amide bonds. The van der Waals surface area contributed by atoms with Gasteiger partial charge in [0, 0.05) is 17.5 Å². The molecule has 0 radical (unpaired) electrons. The van der Waals surface area contributed by atoms with E-state index in [1.807, 2.05) is 17.8 Å². The highest BCUT2D eigenvalue weighted by molar-refractivity contribution is 7.99. The molecule has 0 aromatic carbocycles. The first kappa shape index (κ1) is 11.5. The van der Waals surface area contributed by atoms with Crippen molar-refractivity contribution in [2.24, 2.45) is 5.84 Å². The van der Waals surface area contributed by atoms with E-state index in [9.17, 15) is 0 Å². The van der Waals surface area contributed by atoms with Gasteiger partial charge in [-0.2, -0.15) is 16.7 Å². The zero-order valence-electron chi connectivity index (χ0n) is 9.31. The Hall–Kier alpha value is -1.01. The molecule has 0 saturated heterocycles. The summed E-state index contributed by atoms with van der Waals surface area (Å²) in [6.45, 7) is 0. The Labute approximate surface area is 99.6 Å². The van der Waals surface area contributed by atoms with Gasteiger partial charge in [0.25, 0.3) is 0 Å². The van der Waals surface area contributed by atoms with Crippen molar-refractivity contribution in [2.75, 3.05) is 17.0 Å². The molecular formula is C10H17N5S. The molecule has 1 heterocycles. The van der Waals surface area contributed by atoms with Crippen molar-refractivity contribution < 1.29 is 0 Å². The maximum atomic E-state index is 5.27. The lowest BCUT2D eigenvalue weighted by atomic mass is 10.2. The van der Waals surface area contributed by atoms with E-state index < -0.39 is 0 Å². The molecule has 1 saturated carbocycles. The fourth-order valence-electron chi connectivity index (χ4n) is 2.07. The molecule has 0 bridgehead atoms. The van der Waals surface area contributed by atoms with E-state index >= 15 is 0 Å². The maximum Gasteiger partial charge on any atom is 0.239 e. The summed E-state index contributed by atoms with van der Waals surface area (Å²) in [5.74, 6) is 6.56. The van der Waals surface area contributed by atoms with E-state index in [0.717, 1.165) is 5.82 Å². The van der Waals surface area contributed by atoms with Crippen LogP contribution >= 0.6 is 11.8 Å². The highest BCUT2D eigenvalue weighted by Gasteiger charge is 2.26. The number of anilines is 2. The summed E-state index contributed by atoms with van der Waals surface area (Å²) in [6.07, 6.45) is 7.65. The molecule has 88 valence electrons. The summed E-state index contributed by atoms with van der Waals surface area (Å²) in [4.78, 5) is 8.24. The number of nitrogens with two attached hydrogens (primary N) is 1. The minimum absolute atomic E-state index is 0.448. The molecule has 6 heteroatoms. The van der Waals surface area contributed by atoms with Gasteiger partial charge in [-0.15, -0.1) is 0 Å². The van der Waals surface area contributed by atoms with E-state index in [0.29, 0.717) is 17.2 Å². The van der Waals surface area contributed by atoms with Gasteiger partial charge in [-0.1, -0.05) is 6.42 Å². The summed E-state index contributed by atoms with van der Waals surface area (Å²) in [7, 11) is 0. The average Bonchev–Trinajstić information content (AvgIpc) is 2.76. The van der Waals surface area contributed by atoms with Crippen LogP contribution in [0.3, 0.4) is 0 Å². The second kappa shape index (κ2) is 5.36. The molecule has 16 heavy (non-hydrogen) atoms. The molecule has 2 atom stereocenters. The average molecular weight is 239 g/mol. The summed E-state index contributed by atoms with van der Waals surface area (Å²) in [5, 5.41) is 4.13. The lowest BCUT2D eigenvalue weighted by Gasteiger charge is -2.19. The fraction of sp³-hybridized carbons (Fsp3) is 0.600. The third kappa shape index (κ3) is 2.56. The van der Waals surface area contributed by atoms with Crippen molar-refractivity contribution in [3.63, 3.8) is 0 Å². The number of nitrogens with zero attached hydrogens (tertiary/aromatic N) is 2. The van der Waals surface area contributed by atoms with E-state index in [4.69, 9.17) is 5.84 Å². The molecule has 1 aromatic rings. The van der Waals surface area contributed by atoms with E-state index in [1.165, 1.54) is 19.3 Å². The van der Waals surface area contributed by atoms with Gasteiger partial charge >= 0.3 is 0 Å². The Morgan fingerprint density at radius 2 is 2.38 bits per heavy atom.